The summed E-state index contributed by atoms with van der Waals surface area (Å²) in [5.41, 5.74) is 2.31. The summed E-state index contributed by atoms with van der Waals surface area (Å²) in [7, 11) is 0. The number of anilines is 1. The summed E-state index contributed by atoms with van der Waals surface area (Å²) >= 11 is 9.57. The van der Waals surface area contributed by atoms with E-state index in [2.05, 4.69) is 31.4 Å². The van der Waals surface area contributed by atoms with Gasteiger partial charge < -0.3 is 5.32 Å². The van der Waals surface area contributed by atoms with Crippen molar-refractivity contribution in [3.8, 4) is 0 Å². The molecule has 3 aromatic rings. The molecule has 1 amide bonds. The number of hydrogen-bond donors (Lipinski definition) is 1. The summed E-state index contributed by atoms with van der Waals surface area (Å²) in [6, 6.07) is 5.64. The van der Waals surface area contributed by atoms with Crippen LogP contribution in [0.3, 0.4) is 0 Å². The van der Waals surface area contributed by atoms with Crippen molar-refractivity contribution in [2.75, 3.05) is 5.32 Å². The second-order valence-corrected chi connectivity index (χ2v) is 7.48. The van der Waals surface area contributed by atoms with Crippen LogP contribution in [-0.4, -0.2) is 25.5 Å². The number of benzene rings is 1. The lowest BCUT2D eigenvalue weighted by molar-refractivity contribution is -0.119. The van der Waals surface area contributed by atoms with Crippen molar-refractivity contribution in [1.82, 2.24) is 19.6 Å². The molecule has 0 aliphatic heterocycles. The first-order valence-electron chi connectivity index (χ1n) is 8.25. The molecule has 3 rings (SSSR count). The first-order chi connectivity index (χ1) is 12.8. The van der Waals surface area contributed by atoms with Crippen LogP contribution >= 0.6 is 27.5 Å². The molecule has 142 valence electrons. The Hall–Kier alpha value is -2.19. The third-order valence-corrected chi connectivity index (χ3v) is 5.33. The molecular weight excluding hydrogens is 437 g/mol. The number of nitrogens with one attached hydrogen (secondary N) is 1. The lowest BCUT2D eigenvalue weighted by Gasteiger charge is -2.13. The van der Waals surface area contributed by atoms with Gasteiger partial charge in [-0.3, -0.25) is 14.2 Å². The van der Waals surface area contributed by atoms with Gasteiger partial charge in [0.05, 0.1) is 27.4 Å². The van der Waals surface area contributed by atoms with Crippen molar-refractivity contribution in [2.24, 2.45) is 0 Å². The molecule has 1 unspecified atom stereocenters. The molecule has 9 heteroatoms. The fraction of sp³-hybridized carbons (Fsp3) is 0.278. The van der Waals surface area contributed by atoms with Crippen LogP contribution in [0.5, 0.6) is 0 Å². The molecule has 0 bridgehead atoms. The molecule has 1 atom stereocenters. The SMILES string of the molecule is Cc1nn(C(C)C(=O)Nc2nn(Cc3ccc(F)cc3)cc2Br)c(C)c1Cl. The third kappa shape index (κ3) is 4.22. The van der Waals surface area contributed by atoms with Crippen molar-refractivity contribution >= 4 is 39.3 Å². The standard InChI is InChI=1S/C18H18BrClFN5O/c1-10-16(20)11(2)26(23-10)12(3)18(27)22-17-15(19)9-25(24-17)8-13-4-6-14(21)7-5-13/h4-7,9,12H,8H2,1-3H3,(H,22,24,27). The zero-order chi connectivity index (χ0) is 19.7. The lowest BCUT2D eigenvalue weighted by Crippen LogP contribution is -2.25. The van der Waals surface area contributed by atoms with Gasteiger partial charge in [0, 0.05) is 6.20 Å². The molecule has 1 N–H and O–H groups in total. The lowest BCUT2D eigenvalue weighted by atomic mass is 10.2. The van der Waals surface area contributed by atoms with Crippen LogP contribution in [0.1, 0.15) is 29.9 Å². The van der Waals surface area contributed by atoms with Crippen molar-refractivity contribution < 1.29 is 9.18 Å². The van der Waals surface area contributed by atoms with Crippen LogP contribution < -0.4 is 5.32 Å². The first-order valence-corrected chi connectivity index (χ1v) is 9.43. The Morgan fingerprint density at radius 2 is 1.96 bits per heavy atom. The Morgan fingerprint density at radius 3 is 2.56 bits per heavy atom. The molecule has 27 heavy (non-hydrogen) atoms. The summed E-state index contributed by atoms with van der Waals surface area (Å²) < 4.78 is 16.9. The van der Waals surface area contributed by atoms with E-state index in [4.69, 9.17) is 11.6 Å². The predicted molar refractivity (Wildman–Crippen MR) is 105 cm³/mol. The molecule has 0 radical (unpaired) electrons. The van der Waals surface area contributed by atoms with Crippen molar-refractivity contribution in [3.63, 3.8) is 0 Å². The number of aryl methyl sites for hydroxylation is 1. The van der Waals surface area contributed by atoms with Gasteiger partial charge in [0.1, 0.15) is 11.9 Å². The van der Waals surface area contributed by atoms with Crippen LogP contribution in [0, 0.1) is 19.7 Å². The minimum atomic E-state index is -0.551. The Balaban J connectivity index is 1.73. The molecule has 0 aliphatic carbocycles. The van der Waals surface area contributed by atoms with Gasteiger partial charge in [0.15, 0.2) is 5.82 Å². The molecule has 2 heterocycles. The average molecular weight is 455 g/mol. The van der Waals surface area contributed by atoms with Crippen LogP contribution in [0.4, 0.5) is 10.2 Å². The first kappa shape index (κ1) is 19.6. The molecule has 0 aliphatic rings. The Labute approximate surface area is 169 Å². The van der Waals surface area contributed by atoms with Gasteiger partial charge in [0.2, 0.25) is 5.91 Å². The number of rotatable bonds is 5. The highest BCUT2D eigenvalue weighted by molar-refractivity contribution is 9.10. The summed E-state index contributed by atoms with van der Waals surface area (Å²) in [4.78, 5) is 12.6. The summed E-state index contributed by atoms with van der Waals surface area (Å²) in [6.07, 6.45) is 1.75. The largest absolute Gasteiger partial charge is 0.306 e. The van der Waals surface area contributed by atoms with Gasteiger partial charge in [-0.2, -0.15) is 10.2 Å². The van der Waals surface area contributed by atoms with E-state index in [-0.39, 0.29) is 11.7 Å². The molecule has 1 aromatic carbocycles. The minimum Gasteiger partial charge on any atom is -0.306 e. The molecule has 6 nitrogen and oxygen atoms in total. The summed E-state index contributed by atoms with van der Waals surface area (Å²) in [5.74, 6) is -0.141. The van der Waals surface area contributed by atoms with E-state index in [1.54, 1.807) is 41.5 Å². The highest BCUT2D eigenvalue weighted by atomic mass is 79.9. The second kappa shape index (κ2) is 7.82. The maximum absolute atomic E-state index is 13.0. The van der Waals surface area contributed by atoms with Gasteiger partial charge in [-0.05, 0) is 54.4 Å². The van der Waals surface area contributed by atoms with E-state index in [0.29, 0.717) is 27.6 Å². The quantitative estimate of drug-likeness (QED) is 0.617. The summed E-state index contributed by atoms with van der Waals surface area (Å²) in [5, 5.41) is 12.0. The molecule has 0 saturated carbocycles. The summed E-state index contributed by atoms with van der Waals surface area (Å²) in [6.45, 7) is 5.81. The van der Waals surface area contributed by atoms with Gasteiger partial charge in [0.25, 0.3) is 0 Å². The number of amides is 1. The number of aromatic nitrogens is 4. The number of nitrogens with zero attached hydrogens (tertiary/aromatic N) is 4. The predicted octanol–water partition coefficient (Wildman–Crippen LogP) is 4.50. The number of carbonyl (C=O) groups excluding carboxylic acids is 1. The van der Waals surface area contributed by atoms with E-state index < -0.39 is 6.04 Å². The topological polar surface area (TPSA) is 64.7 Å². The van der Waals surface area contributed by atoms with Crippen molar-refractivity contribution in [3.05, 3.63) is 62.7 Å². The smallest absolute Gasteiger partial charge is 0.250 e. The number of halogens is 3. The number of carbonyl (C=O) groups is 1. The molecule has 0 fully saturated rings. The Morgan fingerprint density at radius 1 is 1.30 bits per heavy atom. The van der Waals surface area contributed by atoms with Crippen molar-refractivity contribution in [2.45, 2.75) is 33.4 Å². The van der Waals surface area contributed by atoms with Crippen LogP contribution in [0.15, 0.2) is 34.9 Å². The number of hydrogen-bond acceptors (Lipinski definition) is 3. The molecular formula is C18H18BrClFN5O. The fourth-order valence-electron chi connectivity index (χ4n) is 2.69. The van der Waals surface area contributed by atoms with Crippen LogP contribution in [0.2, 0.25) is 5.02 Å². The Kier molecular flexibility index (Phi) is 5.67. The van der Waals surface area contributed by atoms with Crippen molar-refractivity contribution in [1.29, 1.82) is 0 Å². The highest BCUT2D eigenvalue weighted by Gasteiger charge is 2.22. The minimum absolute atomic E-state index is 0.259. The zero-order valence-electron chi connectivity index (χ0n) is 15.0. The van der Waals surface area contributed by atoms with E-state index in [0.717, 1.165) is 11.3 Å². The van der Waals surface area contributed by atoms with E-state index in [1.807, 2.05) is 6.92 Å². The van der Waals surface area contributed by atoms with E-state index >= 15 is 0 Å². The molecule has 0 saturated heterocycles. The normalized spacial score (nSPS) is 12.2. The third-order valence-electron chi connectivity index (χ3n) is 4.20. The van der Waals surface area contributed by atoms with Gasteiger partial charge in [-0.1, -0.05) is 23.7 Å². The second-order valence-electron chi connectivity index (χ2n) is 6.24. The van der Waals surface area contributed by atoms with Crippen LogP contribution in [0.25, 0.3) is 0 Å². The van der Waals surface area contributed by atoms with E-state index in [9.17, 15) is 9.18 Å². The monoisotopic (exact) mass is 453 g/mol. The molecule has 0 spiro atoms. The van der Waals surface area contributed by atoms with E-state index in [1.165, 1.54) is 12.1 Å². The van der Waals surface area contributed by atoms with Gasteiger partial charge in [-0.25, -0.2) is 4.39 Å². The van der Waals surface area contributed by atoms with Crippen LogP contribution in [-0.2, 0) is 11.3 Å². The molecule has 2 aromatic heterocycles. The Bertz CT molecular complexity index is 983. The maximum Gasteiger partial charge on any atom is 0.250 e. The highest BCUT2D eigenvalue weighted by Crippen LogP contribution is 2.25. The fourth-order valence-corrected chi connectivity index (χ4v) is 3.23. The maximum atomic E-state index is 13.0. The average Bonchev–Trinajstić information content (AvgIpc) is 3.10. The van der Waals surface area contributed by atoms with Gasteiger partial charge >= 0.3 is 0 Å². The van der Waals surface area contributed by atoms with Gasteiger partial charge in [-0.15, -0.1) is 0 Å². The zero-order valence-corrected chi connectivity index (χ0v) is 17.3.